The summed E-state index contributed by atoms with van der Waals surface area (Å²) in [6.07, 6.45) is 1.24. The Balaban J connectivity index is 4.56. The number of rotatable bonds is 4. The summed E-state index contributed by atoms with van der Waals surface area (Å²) >= 11 is 0. The third kappa shape index (κ3) is 3.37. The number of hydrogen-bond donors (Lipinski definition) is 0. The molecule has 0 N–H and O–H groups in total. The molecule has 0 aliphatic carbocycles. The minimum atomic E-state index is -0.520. The number of ether oxygens (including phenoxy) is 1. The second kappa shape index (κ2) is 4.75. The maximum absolute atomic E-state index is 12.4. The van der Waals surface area contributed by atoms with Gasteiger partial charge in [-0.15, -0.1) is 0 Å². The standard InChI is InChI=1S/C10H15FO/c1-7(2)9(4)10(12-5)6-8(3)11/h6-7H,3-4H2,1-2,5H3/b10-6+. The largest absolute Gasteiger partial charge is 0.496 e. The molecule has 12 heavy (non-hydrogen) atoms. The molecule has 0 aromatic rings. The summed E-state index contributed by atoms with van der Waals surface area (Å²) < 4.78 is 17.3. The smallest absolute Gasteiger partial charge is 0.124 e. The highest BCUT2D eigenvalue weighted by atomic mass is 19.1. The van der Waals surface area contributed by atoms with Crippen molar-refractivity contribution in [1.29, 1.82) is 0 Å². The predicted octanol–water partition coefficient (Wildman–Crippen LogP) is 3.21. The van der Waals surface area contributed by atoms with Crippen LogP contribution in [-0.2, 0) is 4.74 Å². The second-order valence-electron chi connectivity index (χ2n) is 2.84. The van der Waals surface area contributed by atoms with Gasteiger partial charge in [0.2, 0.25) is 0 Å². The maximum Gasteiger partial charge on any atom is 0.124 e. The molecule has 0 rings (SSSR count). The van der Waals surface area contributed by atoms with E-state index in [1.807, 2.05) is 13.8 Å². The molecule has 0 heterocycles. The van der Waals surface area contributed by atoms with Crippen LogP contribution in [0.4, 0.5) is 4.39 Å². The van der Waals surface area contributed by atoms with Gasteiger partial charge in [-0.3, -0.25) is 0 Å². The average molecular weight is 170 g/mol. The number of halogens is 1. The second-order valence-corrected chi connectivity index (χ2v) is 2.84. The number of allylic oxidation sites excluding steroid dienone is 3. The van der Waals surface area contributed by atoms with Crippen LogP contribution >= 0.6 is 0 Å². The van der Waals surface area contributed by atoms with Crippen molar-refractivity contribution in [2.75, 3.05) is 7.11 Å². The molecule has 0 aromatic carbocycles. The molecule has 0 unspecified atom stereocenters. The lowest BCUT2D eigenvalue weighted by molar-refractivity contribution is 0.293. The molecule has 0 aliphatic heterocycles. The first-order chi connectivity index (χ1) is 5.49. The molecule has 0 bridgehead atoms. The molecular weight excluding hydrogens is 155 g/mol. The topological polar surface area (TPSA) is 9.23 Å². The van der Waals surface area contributed by atoms with Gasteiger partial charge in [0.25, 0.3) is 0 Å². The lowest BCUT2D eigenvalue weighted by Gasteiger charge is -2.11. The molecule has 0 saturated heterocycles. The first kappa shape index (κ1) is 11.0. The van der Waals surface area contributed by atoms with Crippen molar-refractivity contribution in [3.8, 4) is 0 Å². The highest BCUT2D eigenvalue weighted by Gasteiger charge is 2.06. The average Bonchev–Trinajstić information content (AvgIpc) is 1.98. The Hall–Kier alpha value is -1.05. The van der Waals surface area contributed by atoms with Gasteiger partial charge >= 0.3 is 0 Å². The Morgan fingerprint density at radius 3 is 2.17 bits per heavy atom. The summed E-state index contributed by atoms with van der Waals surface area (Å²) in [6, 6.07) is 0. The van der Waals surface area contributed by atoms with Crippen LogP contribution in [0.1, 0.15) is 13.8 Å². The molecule has 0 aromatic heterocycles. The zero-order valence-corrected chi connectivity index (χ0v) is 7.86. The quantitative estimate of drug-likeness (QED) is 0.465. The Labute approximate surface area is 73.2 Å². The van der Waals surface area contributed by atoms with Crippen molar-refractivity contribution in [3.63, 3.8) is 0 Å². The molecule has 0 saturated carbocycles. The SMILES string of the molecule is C=C(F)/C=C(/OC)C(=C)C(C)C. The molecule has 0 amide bonds. The predicted molar refractivity (Wildman–Crippen MR) is 49.3 cm³/mol. The van der Waals surface area contributed by atoms with Crippen LogP contribution in [0.15, 0.2) is 36.4 Å². The van der Waals surface area contributed by atoms with Gasteiger partial charge in [0.1, 0.15) is 11.6 Å². The van der Waals surface area contributed by atoms with Gasteiger partial charge in [-0.1, -0.05) is 27.0 Å². The van der Waals surface area contributed by atoms with E-state index in [1.165, 1.54) is 13.2 Å². The van der Waals surface area contributed by atoms with Crippen LogP contribution in [0.3, 0.4) is 0 Å². The Morgan fingerprint density at radius 1 is 1.42 bits per heavy atom. The summed E-state index contributed by atoms with van der Waals surface area (Å²) in [5.74, 6) is 0.182. The monoisotopic (exact) mass is 170 g/mol. The zero-order valence-electron chi connectivity index (χ0n) is 7.86. The van der Waals surface area contributed by atoms with E-state index in [0.717, 1.165) is 5.57 Å². The van der Waals surface area contributed by atoms with E-state index < -0.39 is 5.83 Å². The van der Waals surface area contributed by atoms with Crippen LogP contribution < -0.4 is 0 Å². The third-order valence-electron chi connectivity index (χ3n) is 1.52. The molecule has 0 spiro atoms. The van der Waals surface area contributed by atoms with Gasteiger partial charge in [-0.2, -0.15) is 0 Å². The van der Waals surface area contributed by atoms with Gasteiger partial charge in [0.05, 0.1) is 7.11 Å². The molecular formula is C10H15FO. The maximum atomic E-state index is 12.4. The van der Waals surface area contributed by atoms with Crippen molar-refractivity contribution >= 4 is 0 Å². The third-order valence-corrected chi connectivity index (χ3v) is 1.52. The minimum Gasteiger partial charge on any atom is -0.496 e. The Kier molecular flexibility index (Phi) is 4.34. The van der Waals surface area contributed by atoms with Crippen LogP contribution in [0.25, 0.3) is 0 Å². The van der Waals surface area contributed by atoms with E-state index in [0.29, 0.717) is 5.76 Å². The van der Waals surface area contributed by atoms with E-state index in [9.17, 15) is 4.39 Å². The van der Waals surface area contributed by atoms with Crippen LogP contribution in [0.2, 0.25) is 0 Å². The van der Waals surface area contributed by atoms with E-state index in [-0.39, 0.29) is 5.92 Å². The molecule has 0 fully saturated rings. The first-order valence-corrected chi connectivity index (χ1v) is 3.78. The summed E-state index contributed by atoms with van der Waals surface area (Å²) in [5, 5.41) is 0. The van der Waals surface area contributed by atoms with Gasteiger partial charge in [0, 0.05) is 6.08 Å². The fraction of sp³-hybridized carbons (Fsp3) is 0.400. The van der Waals surface area contributed by atoms with Gasteiger partial charge in [-0.05, 0) is 11.5 Å². The molecule has 0 radical (unpaired) electrons. The molecule has 68 valence electrons. The lowest BCUT2D eigenvalue weighted by Crippen LogP contribution is -1.98. The summed E-state index contributed by atoms with van der Waals surface area (Å²) in [5.41, 5.74) is 0.774. The summed E-state index contributed by atoms with van der Waals surface area (Å²) in [6.45, 7) is 10.8. The minimum absolute atomic E-state index is 0.246. The van der Waals surface area contributed by atoms with Crippen LogP contribution in [-0.4, -0.2) is 7.11 Å². The normalized spacial score (nSPS) is 11.6. The first-order valence-electron chi connectivity index (χ1n) is 3.78. The highest BCUT2D eigenvalue weighted by molar-refractivity contribution is 5.29. The van der Waals surface area contributed by atoms with E-state index in [2.05, 4.69) is 13.2 Å². The van der Waals surface area contributed by atoms with Crippen molar-refractivity contribution in [2.24, 2.45) is 5.92 Å². The highest BCUT2D eigenvalue weighted by Crippen LogP contribution is 2.19. The summed E-state index contributed by atoms with van der Waals surface area (Å²) in [7, 11) is 1.49. The van der Waals surface area contributed by atoms with Crippen molar-refractivity contribution in [1.82, 2.24) is 0 Å². The van der Waals surface area contributed by atoms with Gasteiger partial charge in [0.15, 0.2) is 0 Å². The van der Waals surface area contributed by atoms with Gasteiger partial charge in [-0.25, -0.2) is 4.39 Å². The molecule has 2 heteroatoms. The van der Waals surface area contributed by atoms with E-state index >= 15 is 0 Å². The van der Waals surface area contributed by atoms with Crippen molar-refractivity contribution in [3.05, 3.63) is 36.4 Å². The van der Waals surface area contributed by atoms with Crippen LogP contribution in [0, 0.1) is 5.92 Å². The van der Waals surface area contributed by atoms with Gasteiger partial charge < -0.3 is 4.74 Å². The zero-order chi connectivity index (χ0) is 9.72. The number of hydrogen-bond acceptors (Lipinski definition) is 1. The van der Waals surface area contributed by atoms with E-state index in [4.69, 9.17) is 4.74 Å². The summed E-state index contributed by atoms with van der Waals surface area (Å²) in [4.78, 5) is 0. The molecule has 1 nitrogen and oxygen atoms in total. The lowest BCUT2D eigenvalue weighted by atomic mass is 10.0. The molecule has 0 atom stereocenters. The fourth-order valence-electron chi connectivity index (χ4n) is 0.709. The van der Waals surface area contributed by atoms with E-state index in [1.54, 1.807) is 0 Å². The fourth-order valence-corrected chi connectivity index (χ4v) is 0.709. The Morgan fingerprint density at radius 2 is 1.92 bits per heavy atom. The van der Waals surface area contributed by atoms with Crippen LogP contribution in [0.5, 0.6) is 0 Å². The van der Waals surface area contributed by atoms with Crippen molar-refractivity contribution < 1.29 is 9.13 Å². The van der Waals surface area contributed by atoms with Crippen molar-refractivity contribution in [2.45, 2.75) is 13.8 Å². The molecule has 0 aliphatic rings. The Bertz CT molecular complexity index is 214. The number of methoxy groups -OCH3 is 1.